The Hall–Kier alpha value is -1.06. The van der Waals surface area contributed by atoms with Crippen molar-refractivity contribution in [1.29, 1.82) is 0 Å². The molecule has 0 heterocycles. The Balaban J connectivity index is 1.46. The molecular formula is C25H36F4. The zero-order valence-corrected chi connectivity index (χ0v) is 17.9. The summed E-state index contributed by atoms with van der Waals surface area (Å²) in [5.41, 5.74) is -0.414. The number of rotatable bonds is 6. The molecule has 0 aliphatic heterocycles. The average molecular weight is 413 g/mol. The predicted molar refractivity (Wildman–Crippen MR) is 110 cm³/mol. The van der Waals surface area contributed by atoms with Crippen molar-refractivity contribution in [2.75, 3.05) is 0 Å². The highest BCUT2D eigenvalue weighted by molar-refractivity contribution is 5.29. The van der Waals surface area contributed by atoms with Crippen molar-refractivity contribution in [3.8, 4) is 0 Å². The second-order valence-corrected chi connectivity index (χ2v) is 9.72. The molecule has 0 aromatic heterocycles. The first-order chi connectivity index (χ1) is 13.8. The highest BCUT2D eigenvalue weighted by Crippen LogP contribution is 2.45. The van der Waals surface area contributed by atoms with Gasteiger partial charge in [-0.15, -0.1) is 0 Å². The van der Waals surface area contributed by atoms with Gasteiger partial charge in [0.15, 0.2) is 0 Å². The molecule has 0 amide bonds. The molecule has 4 heteroatoms. The Morgan fingerprint density at radius 1 is 0.931 bits per heavy atom. The van der Waals surface area contributed by atoms with Crippen LogP contribution in [0.3, 0.4) is 0 Å². The van der Waals surface area contributed by atoms with Crippen LogP contribution in [0.15, 0.2) is 18.2 Å². The molecular weight excluding hydrogens is 376 g/mol. The van der Waals surface area contributed by atoms with Crippen LogP contribution in [0, 0.1) is 29.5 Å². The van der Waals surface area contributed by atoms with Crippen molar-refractivity contribution in [2.45, 2.75) is 96.6 Å². The average Bonchev–Trinajstić information content (AvgIpc) is 2.71. The van der Waals surface area contributed by atoms with Gasteiger partial charge in [-0.25, -0.2) is 4.39 Å². The molecule has 0 N–H and O–H groups in total. The van der Waals surface area contributed by atoms with Crippen molar-refractivity contribution in [2.24, 2.45) is 23.7 Å². The highest BCUT2D eigenvalue weighted by Gasteiger charge is 2.35. The van der Waals surface area contributed by atoms with Gasteiger partial charge in [-0.3, -0.25) is 0 Å². The Labute approximate surface area is 173 Å². The Bertz CT molecular complexity index is 635. The standard InChI is InChI=1S/C25H36F4/c1-3-17(2)4-5-18-6-8-19(9-7-18)20-10-12-21(13-11-20)22-14-15-23(24(26)16-22)25(27,28)29/h14-21H,3-13H2,1-2H3. The summed E-state index contributed by atoms with van der Waals surface area (Å²) in [6.45, 7) is 4.63. The molecule has 1 unspecified atom stereocenters. The molecule has 2 saturated carbocycles. The number of alkyl halides is 3. The number of hydrogen-bond donors (Lipinski definition) is 0. The molecule has 1 aromatic rings. The van der Waals surface area contributed by atoms with Crippen LogP contribution in [-0.2, 0) is 6.18 Å². The first-order valence-corrected chi connectivity index (χ1v) is 11.6. The van der Waals surface area contributed by atoms with Gasteiger partial charge in [-0.2, -0.15) is 13.2 Å². The van der Waals surface area contributed by atoms with Gasteiger partial charge in [0, 0.05) is 0 Å². The fourth-order valence-corrected chi connectivity index (χ4v) is 5.61. The van der Waals surface area contributed by atoms with Crippen LogP contribution < -0.4 is 0 Å². The van der Waals surface area contributed by atoms with E-state index in [1.54, 1.807) is 0 Å². The van der Waals surface area contributed by atoms with E-state index in [9.17, 15) is 17.6 Å². The normalized spacial score (nSPS) is 29.6. The van der Waals surface area contributed by atoms with E-state index in [0.717, 1.165) is 67.1 Å². The molecule has 1 aromatic carbocycles. The van der Waals surface area contributed by atoms with Gasteiger partial charge in [0.2, 0.25) is 0 Å². The summed E-state index contributed by atoms with van der Waals surface area (Å²) in [6, 6.07) is 3.52. The summed E-state index contributed by atoms with van der Waals surface area (Å²) in [4.78, 5) is 0. The number of hydrogen-bond acceptors (Lipinski definition) is 0. The number of halogens is 4. The van der Waals surface area contributed by atoms with Gasteiger partial charge in [0.1, 0.15) is 5.82 Å². The third-order valence-corrected chi connectivity index (χ3v) is 7.86. The maximum atomic E-state index is 13.9. The topological polar surface area (TPSA) is 0 Å². The zero-order valence-electron chi connectivity index (χ0n) is 17.9. The van der Waals surface area contributed by atoms with Gasteiger partial charge < -0.3 is 0 Å². The zero-order chi connectivity index (χ0) is 21.0. The third-order valence-electron chi connectivity index (χ3n) is 7.86. The molecule has 29 heavy (non-hydrogen) atoms. The van der Waals surface area contributed by atoms with Crippen molar-refractivity contribution < 1.29 is 17.6 Å². The van der Waals surface area contributed by atoms with Gasteiger partial charge in [-0.1, -0.05) is 52.0 Å². The van der Waals surface area contributed by atoms with Gasteiger partial charge in [-0.05, 0) is 85.8 Å². The lowest BCUT2D eigenvalue weighted by Crippen LogP contribution is -2.25. The van der Waals surface area contributed by atoms with Crippen LogP contribution in [-0.4, -0.2) is 0 Å². The lowest BCUT2D eigenvalue weighted by atomic mass is 9.68. The second kappa shape index (κ2) is 9.83. The molecule has 164 valence electrons. The van der Waals surface area contributed by atoms with E-state index in [1.165, 1.54) is 51.0 Å². The molecule has 0 radical (unpaired) electrons. The minimum absolute atomic E-state index is 0.204. The summed E-state index contributed by atoms with van der Waals surface area (Å²) < 4.78 is 52.2. The summed E-state index contributed by atoms with van der Waals surface area (Å²) in [6.07, 6.45) is 9.04. The molecule has 1 atom stereocenters. The first-order valence-electron chi connectivity index (χ1n) is 11.6. The van der Waals surface area contributed by atoms with Gasteiger partial charge >= 0.3 is 6.18 Å². The minimum atomic E-state index is -4.62. The molecule has 2 aliphatic carbocycles. The van der Waals surface area contributed by atoms with Gasteiger partial charge in [0.25, 0.3) is 0 Å². The lowest BCUT2D eigenvalue weighted by Gasteiger charge is -2.38. The largest absolute Gasteiger partial charge is 0.419 e. The van der Waals surface area contributed by atoms with Crippen molar-refractivity contribution in [1.82, 2.24) is 0 Å². The number of benzene rings is 1. The molecule has 2 fully saturated rings. The fourth-order valence-electron chi connectivity index (χ4n) is 5.61. The molecule has 0 nitrogen and oxygen atoms in total. The van der Waals surface area contributed by atoms with E-state index < -0.39 is 17.6 Å². The lowest BCUT2D eigenvalue weighted by molar-refractivity contribution is -0.140. The smallest absolute Gasteiger partial charge is 0.206 e. The molecule has 2 aliphatic rings. The van der Waals surface area contributed by atoms with E-state index in [1.807, 2.05) is 0 Å². The van der Waals surface area contributed by atoms with Crippen LogP contribution in [0.2, 0.25) is 0 Å². The summed E-state index contributed by atoms with van der Waals surface area (Å²) in [5.74, 6) is 2.40. The van der Waals surface area contributed by atoms with Crippen LogP contribution >= 0.6 is 0 Å². The van der Waals surface area contributed by atoms with E-state index in [4.69, 9.17) is 0 Å². The fraction of sp³-hybridized carbons (Fsp3) is 0.760. The van der Waals surface area contributed by atoms with Crippen LogP contribution in [0.1, 0.15) is 102 Å². The van der Waals surface area contributed by atoms with Crippen LogP contribution in [0.4, 0.5) is 17.6 Å². The van der Waals surface area contributed by atoms with E-state index in [0.29, 0.717) is 0 Å². The summed E-state index contributed by atoms with van der Waals surface area (Å²) in [5, 5.41) is 0. The van der Waals surface area contributed by atoms with Crippen LogP contribution in [0.5, 0.6) is 0 Å². The van der Waals surface area contributed by atoms with Crippen LogP contribution in [0.25, 0.3) is 0 Å². The first kappa shape index (κ1) is 22.6. The van der Waals surface area contributed by atoms with Crippen molar-refractivity contribution in [3.63, 3.8) is 0 Å². The minimum Gasteiger partial charge on any atom is -0.206 e. The molecule has 0 saturated heterocycles. The SMILES string of the molecule is CCC(C)CCC1CCC(C2CCC(c3ccc(C(F)(F)F)c(F)c3)CC2)CC1. The second-order valence-electron chi connectivity index (χ2n) is 9.72. The maximum Gasteiger partial charge on any atom is 0.419 e. The monoisotopic (exact) mass is 412 g/mol. The molecule has 3 rings (SSSR count). The Kier molecular flexibility index (Phi) is 7.67. The Morgan fingerprint density at radius 3 is 2.03 bits per heavy atom. The quantitative estimate of drug-likeness (QED) is 0.410. The highest BCUT2D eigenvalue weighted by atomic mass is 19.4. The molecule has 0 spiro atoms. The van der Waals surface area contributed by atoms with E-state index in [2.05, 4.69) is 13.8 Å². The van der Waals surface area contributed by atoms with Crippen molar-refractivity contribution in [3.05, 3.63) is 35.1 Å². The van der Waals surface area contributed by atoms with Crippen molar-refractivity contribution >= 4 is 0 Å². The third kappa shape index (κ3) is 5.98. The summed E-state index contributed by atoms with van der Waals surface area (Å²) in [7, 11) is 0. The van der Waals surface area contributed by atoms with E-state index in [-0.39, 0.29) is 5.92 Å². The summed E-state index contributed by atoms with van der Waals surface area (Å²) >= 11 is 0. The Morgan fingerprint density at radius 2 is 1.52 bits per heavy atom. The van der Waals surface area contributed by atoms with Gasteiger partial charge in [0.05, 0.1) is 5.56 Å². The van der Waals surface area contributed by atoms with E-state index >= 15 is 0 Å². The predicted octanol–water partition coefficient (Wildman–Crippen LogP) is 8.75. The maximum absolute atomic E-state index is 13.9. The molecule has 0 bridgehead atoms.